The van der Waals surface area contributed by atoms with Crippen molar-refractivity contribution in [2.75, 3.05) is 37.0 Å². The lowest BCUT2D eigenvalue weighted by Gasteiger charge is -2.22. The van der Waals surface area contributed by atoms with Crippen LogP contribution in [0.25, 0.3) is 0 Å². The summed E-state index contributed by atoms with van der Waals surface area (Å²) in [4.78, 5) is 13.2. The van der Waals surface area contributed by atoms with Crippen LogP contribution in [0.15, 0.2) is 53.4 Å². The molecule has 0 radical (unpaired) electrons. The molecule has 0 fully saturated rings. The maximum atomic E-state index is 12.3. The predicted octanol–water partition coefficient (Wildman–Crippen LogP) is 2.93. The van der Waals surface area contributed by atoms with Gasteiger partial charge in [0.25, 0.3) is 0 Å². The number of carbonyl (C=O) groups is 1. The van der Waals surface area contributed by atoms with Crippen LogP contribution in [-0.4, -0.2) is 47.0 Å². The van der Waals surface area contributed by atoms with E-state index in [0.717, 1.165) is 39.6 Å². The van der Waals surface area contributed by atoms with Crippen LogP contribution in [0.1, 0.15) is 12.0 Å². The Morgan fingerprint density at radius 2 is 1.89 bits per heavy atom. The highest BCUT2D eigenvalue weighted by Crippen LogP contribution is 2.23. The Kier molecular flexibility index (Phi) is 8.19. The minimum atomic E-state index is -3.57. The highest BCUT2D eigenvalue weighted by molar-refractivity contribution is 7.98. The monoisotopic (exact) mass is 422 g/mol. The van der Waals surface area contributed by atoms with Gasteiger partial charge >= 0.3 is 0 Å². The Balaban J connectivity index is 1.89. The van der Waals surface area contributed by atoms with Crippen molar-refractivity contribution >= 4 is 33.4 Å². The number of sulfonamides is 1. The van der Waals surface area contributed by atoms with Crippen molar-refractivity contribution < 1.29 is 17.9 Å². The first-order chi connectivity index (χ1) is 13.3. The van der Waals surface area contributed by atoms with Crippen molar-refractivity contribution in [2.24, 2.45) is 0 Å². The second-order valence-electron chi connectivity index (χ2n) is 6.27. The molecule has 0 saturated carbocycles. The summed E-state index contributed by atoms with van der Waals surface area (Å²) in [5.74, 6) is 0.484. The third-order valence-electron chi connectivity index (χ3n) is 4.15. The van der Waals surface area contributed by atoms with E-state index in [9.17, 15) is 13.2 Å². The first-order valence-corrected chi connectivity index (χ1v) is 11.9. The smallest absolute Gasteiger partial charge is 0.240 e. The van der Waals surface area contributed by atoms with E-state index in [1.54, 1.807) is 25.3 Å². The maximum Gasteiger partial charge on any atom is 0.240 e. The number of methoxy groups -OCH3 is 1. The van der Waals surface area contributed by atoms with Crippen LogP contribution in [0.2, 0.25) is 0 Å². The van der Waals surface area contributed by atoms with Gasteiger partial charge in [0.05, 0.1) is 19.1 Å². The molecule has 1 amide bonds. The van der Waals surface area contributed by atoms with Crippen molar-refractivity contribution in [2.45, 2.75) is 17.7 Å². The number of ether oxygens (including phenoxy) is 1. The zero-order valence-corrected chi connectivity index (χ0v) is 18.0. The molecule has 2 rings (SSSR count). The molecule has 6 nitrogen and oxygen atoms in total. The number of carbonyl (C=O) groups excluding carboxylic acids is 1. The highest BCUT2D eigenvalue weighted by atomic mass is 32.2. The second-order valence-corrected chi connectivity index (χ2v) is 9.06. The Labute approximate surface area is 171 Å². The van der Waals surface area contributed by atoms with Crippen LogP contribution in [0.4, 0.5) is 5.69 Å². The first kappa shape index (κ1) is 22.1. The summed E-state index contributed by atoms with van der Waals surface area (Å²) in [5.41, 5.74) is 1.64. The van der Waals surface area contributed by atoms with Crippen molar-refractivity contribution in [3.63, 3.8) is 0 Å². The van der Waals surface area contributed by atoms with Gasteiger partial charge in [-0.1, -0.05) is 18.2 Å². The lowest BCUT2D eigenvalue weighted by Crippen LogP contribution is -2.40. The Bertz CT molecular complexity index is 883. The Morgan fingerprint density at radius 1 is 1.18 bits per heavy atom. The number of nitrogens with zero attached hydrogens (tertiary/aromatic N) is 1. The molecular formula is C20H26N2O4S2. The average molecular weight is 423 g/mol. The minimum absolute atomic E-state index is 0.237. The van der Waals surface area contributed by atoms with Gasteiger partial charge in [0.1, 0.15) is 12.3 Å². The molecule has 2 aromatic rings. The van der Waals surface area contributed by atoms with E-state index in [2.05, 4.69) is 5.32 Å². The van der Waals surface area contributed by atoms with Crippen molar-refractivity contribution in [1.82, 2.24) is 5.32 Å². The molecule has 0 unspecified atom stereocenters. The number of anilines is 1. The van der Waals surface area contributed by atoms with Crippen LogP contribution in [0, 0.1) is 0 Å². The van der Waals surface area contributed by atoms with Gasteiger partial charge in [0.15, 0.2) is 0 Å². The van der Waals surface area contributed by atoms with E-state index in [4.69, 9.17) is 4.74 Å². The van der Waals surface area contributed by atoms with Gasteiger partial charge in [-0.2, -0.15) is 0 Å². The number of thioether (sulfide) groups is 1. The van der Waals surface area contributed by atoms with Gasteiger partial charge in [-0.05, 0) is 55.0 Å². The molecule has 28 heavy (non-hydrogen) atoms. The number of hydrogen-bond donors (Lipinski definition) is 1. The quantitative estimate of drug-likeness (QED) is 0.471. The summed E-state index contributed by atoms with van der Waals surface area (Å²) in [7, 11) is -1.94. The normalized spacial score (nSPS) is 11.1. The van der Waals surface area contributed by atoms with Crippen molar-refractivity contribution in [3.05, 3.63) is 54.1 Å². The molecule has 0 bridgehead atoms. The van der Waals surface area contributed by atoms with Gasteiger partial charge in [-0.3, -0.25) is 9.10 Å². The van der Waals surface area contributed by atoms with Crippen LogP contribution < -0.4 is 14.4 Å². The summed E-state index contributed by atoms with van der Waals surface area (Å²) in [5, 5.41) is 2.80. The molecule has 0 aliphatic rings. The molecule has 0 aliphatic carbocycles. The number of hydrogen-bond acceptors (Lipinski definition) is 5. The largest absolute Gasteiger partial charge is 0.497 e. The van der Waals surface area contributed by atoms with Gasteiger partial charge < -0.3 is 10.1 Å². The fraction of sp³-hybridized carbons (Fsp3) is 0.350. The molecule has 0 aliphatic heterocycles. The van der Waals surface area contributed by atoms with E-state index in [1.165, 1.54) is 11.8 Å². The summed E-state index contributed by atoms with van der Waals surface area (Å²) in [6.45, 7) is 0.243. The Morgan fingerprint density at radius 3 is 2.50 bits per heavy atom. The van der Waals surface area contributed by atoms with Gasteiger partial charge in [-0.15, -0.1) is 11.8 Å². The van der Waals surface area contributed by atoms with E-state index >= 15 is 0 Å². The zero-order valence-electron chi connectivity index (χ0n) is 16.3. The van der Waals surface area contributed by atoms with Crippen LogP contribution >= 0.6 is 11.8 Å². The molecular weight excluding hydrogens is 396 g/mol. The van der Waals surface area contributed by atoms with E-state index < -0.39 is 10.0 Å². The molecule has 8 heteroatoms. The number of amides is 1. The number of benzene rings is 2. The molecule has 0 atom stereocenters. The third kappa shape index (κ3) is 6.76. The van der Waals surface area contributed by atoms with E-state index in [1.807, 2.05) is 36.6 Å². The average Bonchev–Trinajstić information content (AvgIpc) is 2.69. The molecule has 2 aromatic carbocycles. The predicted molar refractivity (Wildman–Crippen MR) is 115 cm³/mol. The van der Waals surface area contributed by atoms with Crippen LogP contribution in [0.3, 0.4) is 0 Å². The second kappa shape index (κ2) is 10.4. The molecule has 0 heterocycles. The molecule has 0 spiro atoms. The molecule has 0 saturated heterocycles. The molecule has 1 N–H and O–H groups in total. The van der Waals surface area contributed by atoms with Gasteiger partial charge in [0.2, 0.25) is 15.9 Å². The zero-order chi connectivity index (χ0) is 20.6. The fourth-order valence-corrected chi connectivity index (χ4v) is 3.97. The number of rotatable bonds is 10. The summed E-state index contributed by atoms with van der Waals surface area (Å²) in [6, 6.07) is 14.9. The SMILES string of the molecule is COc1ccc(CCCNC(=O)CN(c2cccc(SC)c2)S(C)(=O)=O)cc1. The molecule has 152 valence electrons. The summed E-state index contributed by atoms with van der Waals surface area (Å²) >= 11 is 1.52. The lowest BCUT2D eigenvalue weighted by molar-refractivity contribution is -0.119. The van der Waals surface area contributed by atoms with Crippen molar-refractivity contribution in [1.29, 1.82) is 0 Å². The standard InChI is InChI=1S/C20H26N2O4S2/c1-26-18-11-9-16(10-12-18)6-5-13-21-20(23)15-22(28(3,24)25)17-7-4-8-19(14-17)27-2/h4,7-12,14H,5-6,13,15H2,1-3H3,(H,21,23). The fourth-order valence-electron chi connectivity index (χ4n) is 2.66. The third-order valence-corrected chi connectivity index (χ3v) is 6.02. The van der Waals surface area contributed by atoms with Crippen LogP contribution in [0.5, 0.6) is 5.75 Å². The van der Waals surface area contributed by atoms with Crippen LogP contribution in [-0.2, 0) is 21.2 Å². The topological polar surface area (TPSA) is 75.7 Å². The van der Waals surface area contributed by atoms with Gasteiger partial charge in [0, 0.05) is 11.4 Å². The van der Waals surface area contributed by atoms with Crippen molar-refractivity contribution in [3.8, 4) is 5.75 Å². The summed E-state index contributed by atoms with van der Waals surface area (Å²) < 4.78 is 30.6. The van der Waals surface area contributed by atoms with E-state index in [0.29, 0.717) is 12.2 Å². The summed E-state index contributed by atoms with van der Waals surface area (Å²) in [6.07, 6.45) is 4.60. The number of nitrogens with one attached hydrogen (secondary N) is 1. The number of aryl methyl sites for hydroxylation is 1. The van der Waals surface area contributed by atoms with E-state index in [-0.39, 0.29) is 12.5 Å². The molecule has 0 aromatic heterocycles. The Hall–Kier alpha value is -2.19. The minimum Gasteiger partial charge on any atom is -0.497 e. The maximum absolute atomic E-state index is 12.3. The lowest BCUT2D eigenvalue weighted by atomic mass is 10.1. The first-order valence-electron chi connectivity index (χ1n) is 8.85. The highest BCUT2D eigenvalue weighted by Gasteiger charge is 2.20. The van der Waals surface area contributed by atoms with Gasteiger partial charge in [-0.25, -0.2) is 8.42 Å².